The lowest BCUT2D eigenvalue weighted by molar-refractivity contribution is 0.560. The maximum absolute atomic E-state index is 11.4. The number of benzene rings is 1. The smallest absolute Gasteiger partial charge is 0.175 e. The van der Waals surface area contributed by atoms with E-state index in [0.717, 1.165) is 0 Å². The molecule has 0 radical (unpaired) electrons. The van der Waals surface area contributed by atoms with E-state index in [1.165, 1.54) is 12.3 Å². The summed E-state index contributed by atoms with van der Waals surface area (Å²) in [5.41, 5.74) is 0.663. The van der Waals surface area contributed by atoms with Crippen molar-refractivity contribution in [2.45, 2.75) is 31.7 Å². The normalized spacial score (nSPS) is 13.8. The summed E-state index contributed by atoms with van der Waals surface area (Å²) >= 11 is 6.04. The fourth-order valence-electron chi connectivity index (χ4n) is 1.26. The Morgan fingerprint density at radius 1 is 1.24 bits per heavy atom. The molecular formula is C12H18ClNO2S. The first-order valence-corrected chi connectivity index (χ1v) is 7.75. The summed E-state index contributed by atoms with van der Waals surface area (Å²) in [5, 5.41) is 3.76. The summed E-state index contributed by atoms with van der Waals surface area (Å²) in [6.45, 7) is 6.21. The van der Waals surface area contributed by atoms with Gasteiger partial charge in [0.15, 0.2) is 9.84 Å². The summed E-state index contributed by atoms with van der Waals surface area (Å²) in [7, 11) is -3.20. The molecule has 5 heteroatoms. The molecule has 0 aliphatic carbocycles. The number of hydrogen-bond donors (Lipinski definition) is 1. The van der Waals surface area contributed by atoms with Crippen molar-refractivity contribution < 1.29 is 8.42 Å². The Bertz CT molecular complexity index is 497. The molecule has 17 heavy (non-hydrogen) atoms. The van der Waals surface area contributed by atoms with Crippen LogP contribution in [0, 0.1) is 5.92 Å². The molecule has 0 aliphatic heterocycles. The molecule has 0 fully saturated rings. The third-order valence-electron chi connectivity index (χ3n) is 2.75. The lowest BCUT2D eigenvalue weighted by Gasteiger charge is -2.20. The summed E-state index contributed by atoms with van der Waals surface area (Å²) in [5.74, 6) is 0.438. The third kappa shape index (κ3) is 3.89. The molecule has 0 saturated carbocycles. The van der Waals surface area contributed by atoms with Gasteiger partial charge in [-0.25, -0.2) is 8.42 Å². The maximum atomic E-state index is 11.4. The van der Waals surface area contributed by atoms with Gasteiger partial charge in [-0.2, -0.15) is 0 Å². The molecule has 0 bridgehead atoms. The molecular weight excluding hydrogens is 258 g/mol. The van der Waals surface area contributed by atoms with Crippen LogP contribution in [0.15, 0.2) is 23.1 Å². The van der Waals surface area contributed by atoms with E-state index in [0.29, 0.717) is 16.6 Å². The molecule has 3 nitrogen and oxygen atoms in total. The van der Waals surface area contributed by atoms with Gasteiger partial charge in [0.1, 0.15) is 0 Å². The van der Waals surface area contributed by atoms with Gasteiger partial charge in [0, 0.05) is 12.3 Å². The molecule has 1 unspecified atom stereocenters. The Hall–Kier alpha value is -0.740. The van der Waals surface area contributed by atoms with Crippen molar-refractivity contribution in [2.75, 3.05) is 11.6 Å². The molecule has 1 aromatic carbocycles. The zero-order chi connectivity index (χ0) is 13.2. The molecule has 1 atom stereocenters. The quantitative estimate of drug-likeness (QED) is 0.918. The number of hydrogen-bond acceptors (Lipinski definition) is 3. The summed E-state index contributed by atoms with van der Waals surface area (Å²) in [4.78, 5) is 0.278. The number of sulfone groups is 1. The Labute approximate surface area is 108 Å². The monoisotopic (exact) mass is 275 g/mol. The lowest BCUT2D eigenvalue weighted by atomic mass is 10.1. The molecule has 1 rings (SSSR count). The second kappa shape index (κ2) is 5.27. The van der Waals surface area contributed by atoms with Crippen LogP contribution in [0.4, 0.5) is 5.69 Å². The summed E-state index contributed by atoms with van der Waals surface area (Å²) in [6.07, 6.45) is 1.19. The van der Waals surface area contributed by atoms with Gasteiger partial charge in [-0.05, 0) is 31.0 Å². The van der Waals surface area contributed by atoms with Crippen molar-refractivity contribution in [3.8, 4) is 0 Å². The van der Waals surface area contributed by atoms with E-state index in [9.17, 15) is 8.42 Å². The fourth-order valence-corrected chi connectivity index (χ4v) is 2.08. The minimum atomic E-state index is -3.20. The molecule has 0 heterocycles. The topological polar surface area (TPSA) is 46.2 Å². The minimum Gasteiger partial charge on any atom is -0.381 e. The van der Waals surface area contributed by atoms with E-state index < -0.39 is 9.84 Å². The van der Waals surface area contributed by atoms with Gasteiger partial charge in [-0.1, -0.05) is 25.4 Å². The van der Waals surface area contributed by atoms with Crippen LogP contribution in [0.1, 0.15) is 20.8 Å². The summed E-state index contributed by atoms with van der Waals surface area (Å²) in [6, 6.07) is 4.93. The highest BCUT2D eigenvalue weighted by molar-refractivity contribution is 7.90. The largest absolute Gasteiger partial charge is 0.381 e. The van der Waals surface area contributed by atoms with E-state index >= 15 is 0 Å². The number of halogens is 1. The minimum absolute atomic E-state index is 0.224. The molecule has 1 aromatic rings. The lowest BCUT2D eigenvalue weighted by Crippen LogP contribution is -2.21. The molecule has 1 N–H and O–H groups in total. The second-order valence-electron chi connectivity index (χ2n) is 4.59. The van der Waals surface area contributed by atoms with E-state index in [1.54, 1.807) is 12.1 Å². The Kier molecular flexibility index (Phi) is 4.44. The SMILES string of the molecule is CC(C)C(C)Nc1cc(S(C)(=O)=O)ccc1Cl. The van der Waals surface area contributed by atoms with E-state index in [2.05, 4.69) is 19.2 Å². The van der Waals surface area contributed by atoms with Crippen molar-refractivity contribution in [3.63, 3.8) is 0 Å². The van der Waals surface area contributed by atoms with Crippen LogP contribution < -0.4 is 5.32 Å². The van der Waals surface area contributed by atoms with Crippen molar-refractivity contribution >= 4 is 27.1 Å². The van der Waals surface area contributed by atoms with Crippen molar-refractivity contribution in [2.24, 2.45) is 5.92 Å². The highest BCUT2D eigenvalue weighted by atomic mass is 35.5. The average Bonchev–Trinajstić information content (AvgIpc) is 2.19. The standard InChI is InChI=1S/C12H18ClNO2S/c1-8(2)9(3)14-12-7-10(17(4,15)16)5-6-11(12)13/h5-9,14H,1-4H3. The zero-order valence-electron chi connectivity index (χ0n) is 10.5. The number of anilines is 1. The highest BCUT2D eigenvalue weighted by Gasteiger charge is 2.13. The van der Waals surface area contributed by atoms with E-state index in [4.69, 9.17) is 11.6 Å². The third-order valence-corrected chi connectivity index (χ3v) is 4.19. The van der Waals surface area contributed by atoms with E-state index in [-0.39, 0.29) is 10.9 Å². The Balaban J connectivity index is 3.08. The van der Waals surface area contributed by atoms with Gasteiger partial charge in [0.25, 0.3) is 0 Å². The first-order chi connectivity index (χ1) is 7.71. The van der Waals surface area contributed by atoms with Crippen LogP contribution in [0.3, 0.4) is 0 Å². The van der Waals surface area contributed by atoms with Crippen LogP contribution in [-0.2, 0) is 9.84 Å². The average molecular weight is 276 g/mol. The van der Waals surface area contributed by atoms with Gasteiger partial charge < -0.3 is 5.32 Å². The molecule has 0 aromatic heterocycles. The van der Waals surface area contributed by atoms with Crippen molar-refractivity contribution in [3.05, 3.63) is 23.2 Å². The van der Waals surface area contributed by atoms with Crippen LogP contribution in [0.5, 0.6) is 0 Å². The Morgan fingerprint density at radius 2 is 1.82 bits per heavy atom. The molecule has 0 spiro atoms. The van der Waals surface area contributed by atoms with Gasteiger partial charge in [0.2, 0.25) is 0 Å². The van der Waals surface area contributed by atoms with Gasteiger partial charge in [-0.3, -0.25) is 0 Å². The predicted octanol–water partition coefficient (Wildman–Crippen LogP) is 3.20. The Morgan fingerprint density at radius 3 is 2.29 bits per heavy atom. The highest BCUT2D eigenvalue weighted by Crippen LogP contribution is 2.26. The molecule has 0 aliphatic rings. The first kappa shape index (κ1) is 14.3. The van der Waals surface area contributed by atoms with Crippen LogP contribution in [-0.4, -0.2) is 20.7 Å². The predicted molar refractivity (Wildman–Crippen MR) is 72.5 cm³/mol. The first-order valence-electron chi connectivity index (χ1n) is 5.48. The van der Waals surface area contributed by atoms with Crippen LogP contribution >= 0.6 is 11.6 Å². The molecule has 96 valence electrons. The van der Waals surface area contributed by atoms with Gasteiger partial charge in [0.05, 0.1) is 15.6 Å². The van der Waals surface area contributed by atoms with Crippen molar-refractivity contribution in [1.82, 2.24) is 0 Å². The van der Waals surface area contributed by atoms with E-state index in [1.807, 2.05) is 6.92 Å². The zero-order valence-corrected chi connectivity index (χ0v) is 12.1. The fraction of sp³-hybridized carbons (Fsp3) is 0.500. The van der Waals surface area contributed by atoms with Crippen molar-refractivity contribution in [1.29, 1.82) is 0 Å². The van der Waals surface area contributed by atoms with Gasteiger partial charge in [-0.15, -0.1) is 0 Å². The van der Waals surface area contributed by atoms with Gasteiger partial charge >= 0.3 is 0 Å². The second-order valence-corrected chi connectivity index (χ2v) is 7.01. The number of rotatable bonds is 4. The van der Waals surface area contributed by atoms with Crippen LogP contribution in [0.25, 0.3) is 0 Å². The molecule has 0 amide bonds. The summed E-state index contributed by atoms with van der Waals surface area (Å²) < 4.78 is 22.9. The van der Waals surface area contributed by atoms with Crippen LogP contribution in [0.2, 0.25) is 5.02 Å². The molecule has 0 saturated heterocycles. The number of nitrogens with one attached hydrogen (secondary N) is 1. The maximum Gasteiger partial charge on any atom is 0.175 e.